The minimum atomic E-state index is -0.934. The lowest BCUT2D eigenvalue weighted by Crippen LogP contribution is -2.62. The number of aromatic amines is 1. The number of carbonyl (C=O) groups excluding carboxylic acids is 5. The largest absolute Gasteiger partial charge is 0.458 e. The number of hydrogen-bond donors (Lipinski definition) is 3. The smallest absolute Gasteiger partial charge is 0.329 e. The molecule has 1 aromatic rings. The summed E-state index contributed by atoms with van der Waals surface area (Å²) >= 11 is 0. The average molecular weight is 641 g/mol. The number of aromatic nitrogens is 1. The monoisotopic (exact) mass is 640 g/mol. The van der Waals surface area contributed by atoms with E-state index in [2.05, 4.69) is 15.6 Å². The van der Waals surface area contributed by atoms with Gasteiger partial charge in [-0.2, -0.15) is 0 Å². The van der Waals surface area contributed by atoms with Gasteiger partial charge in [0.05, 0.1) is 5.56 Å². The zero-order valence-electron chi connectivity index (χ0n) is 29.4. The Morgan fingerprint density at radius 3 is 2.07 bits per heavy atom. The van der Waals surface area contributed by atoms with Crippen molar-refractivity contribution in [2.45, 2.75) is 156 Å². The Hall–Kier alpha value is -3.17. The van der Waals surface area contributed by atoms with Crippen molar-refractivity contribution >= 4 is 29.5 Å². The maximum atomic E-state index is 14.6. The molecule has 10 heteroatoms. The Morgan fingerprint density at radius 1 is 0.870 bits per heavy atom. The Morgan fingerprint density at radius 2 is 1.48 bits per heavy atom. The van der Waals surface area contributed by atoms with Crippen LogP contribution in [-0.2, 0) is 19.1 Å². The van der Waals surface area contributed by atoms with Gasteiger partial charge in [0, 0.05) is 11.7 Å². The molecule has 2 aliphatic carbocycles. The van der Waals surface area contributed by atoms with Crippen LogP contribution < -0.4 is 10.6 Å². The second kappa shape index (κ2) is 13.9. The molecule has 0 aromatic carbocycles. The number of hydrogen-bond acceptors (Lipinski definition) is 6. The standard InChI is InChI=1S/C36H56N4O6/c1-20-21(2)37-29(27(20)22(3)41)32(43)38-28(23-15-11-10-12-16-23)31(42)39-30(35(4,5)6)33(44)40-25-18-14-13-17-24(25)19-26(40)34(45)46-36(7,8)9/h23-26,28,30,37H,10-19H2,1-9H3,(H,38,43)(H,39,42)/t24-,25?,26-,28-,30+/m0/s1. The molecule has 2 heterocycles. The molecule has 0 bridgehead atoms. The zero-order valence-corrected chi connectivity index (χ0v) is 29.4. The number of amides is 3. The van der Waals surface area contributed by atoms with Gasteiger partial charge in [-0.1, -0.05) is 52.9 Å². The van der Waals surface area contributed by atoms with Crippen molar-refractivity contribution in [3.8, 4) is 0 Å². The molecule has 3 amide bonds. The summed E-state index contributed by atoms with van der Waals surface area (Å²) in [4.78, 5) is 73.4. The molecular formula is C36H56N4O6. The lowest BCUT2D eigenvalue weighted by molar-refractivity contribution is -0.165. The van der Waals surface area contributed by atoms with Crippen molar-refractivity contribution in [2.24, 2.45) is 17.3 Å². The van der Waals surface area contributed by atoms with Crippen LogP contribution in [0.2, 0.25) is 0 Å². The van der Waals surface area contributed by atoms with Crippen LogP contribution in [0.25, 0.3) is 0 Å². The van der Waals surface area contributed by atoms with E-state index in [4.69, 9.17) is 4.74 Å². The molecule has 3 aliphatic rings. The van der Waals surface area contributed by atoms with E-state index in [1.54, 1.807) is 11.8 Å². The van der Waals surface area contributed by atoms with Gasteiger partial charge in [-0.15, -0.1) is 0 Å². The van der Waals surface area contributed by atoms with Crippen molar-refractivity contribution in [1.82, 2.24) is 20.5 Å². The highest BCUT2D eigenvalue weighted by Crippen LogP contribution is 2.42. The van der Waals surface area contributed by atoms with Crippen molar-refractivity contribution in [3.05, 3.63) is 22.5 Å². The minimum Gasteiger partial charge on any atom is -0.458 e. The second-order valence-electron chi connectivity index (χ2n) is 16.0. The number of ketones is 1. The van der Waals surface area contributed by atoms with E-state index in [1.165, 1.54) is 6.92 Å². The summed E-state index contributed by atoms with van der Waals surface area (Å²) in [6.07, 6.45) is 8.87. The number of H-pyrrole nitrogens is 1. The van der Waals surface area contributed by atoms with E-state index in [1.807, 2.05) is 48.5 Å². The van der Waals surface area contributed by atoms with E-state index in [-0.39, 0.29) is 35.3 Å². The topological polar surface area (TPSA) is 138 Å². The van der Waals surface area contributed by atoms with Gasteiger partial charge in [0.2, 0.25) is 11.8 Å². The number of likely N-dealkylation sites (tertiary alicyclic amines) is 1. The summed E-state index contributed by atoms with van der Waals surface area (Å²) in [5.41, 5.74) is 0.528. The third-order valence-electron chi connectivity index (χ3n) is 10.2. The van der Waals surface area contributed by atoms with E-state index in [0.29, 0.717) is 17.5 Å². The quantitative estimate of drug-likeness (QED) is 0.252. The number of esters is 1. The molecule has 0 radical (unpaired) electrons. The number of rotatable bonds is 8. The first kappa shape index (κ1) is 35.7. The molecule has 0 spiro atoms. The van der Waals surface area contributed by atoms with Gasteiger partial charge >= 0.3 is 5.97 Å². The van der Waals surface area contributed by atoms with Crippen LogP contribution in [0.3, 0.4) is 0 Å². The minimum absolute atomic E-state index is 0.0845. The number of Topliss-reactive ketones (excluding diaryl/α,β-unsaturated/α-hetero) is 1. The highest BCUT2D eigenvalue weighted by atomic mass is 16.6. The van der Waals surface area contributed by atoms with Gasteiger partial charge < -0.3 is 25.3 Å². The first-order valence-corrected chi connectivity index (χ1v) is 17.3. The summed E-state index contributed by atoms with van der Waals surface area (Å²) in [6, 6.07) is -2.62. The van der Waals surface area contributed by atoms with E-state index < -0.39 is 46.9 Å². The molecule has 5 atom stereocenters. The van der Waals surface area contributed by atoms with Crippen LogP contribution >= 0.6 is 0 Å². The maximum absolute atomic E-state index is 14.6. The number of fused-ring (bicyclic) bond motifs is 1. The van der Waals surface area contributed by atoms with Crippen LogP contribution in [0.4, 0.5) is 0 Å². The molecular weight excluding hydrogens is 584 g/mol. The van der Waals surface area contributed by atoms with Crippen molar-refractivity contribution in [3.63, 3.8) is 0 Å². The first-order chi connectivity index (χ1) is 21.4. The van der Waals surface area contributed by atoms with Crippen molar-refractivity contribution in [1.29, 1.82) is 0 Å². The predicted octanol–water partition coefficient (Wildman–Crippen LogP) is 5.55. The van der Waals surface area contributed by atoms with Crippen LogP contribution in [0.1, 0.15) is 145 Å². The zero-order chi connectivity index (χ0) is 34.1. The normalized spacial score (nSPS) is 23.7. The van der Waals surface area contributed by atoms with Crippen LogP contribution in [-0.4, -0.2) is 69.1 Å². The van der Waals surface area contributed by atoms with Crippen molar-refractivity contribution < 1.29 is 28.7 Å². The Balaban J connectivity index is 1.64. The SMILES string of the molecule is CC(=O)c1c(C(=O)N[C@H](C(=O)N[C@H](C(=O)N2C3CCCC[C@H]3C[C@H]2C(=O)OC(C)(C)C)C(C)(C)C)C2CCCCC2)[nH]c(C)c1C. The van der Waals surface area contributed by atoms with Crippen LogP contribution in [0.5, 0.6) is 0 Å². The molecule has 2 saturated carbocycles. The molecule has 46 heavy (non-hydrogen) atoms. The van der Waals surface area contributed by atoms with Gasteiger partial charge in [-0.3, -0.25) is 19.2 Å². The van der Waals surface area contributed by atoms with Crippen LogP contribution in [0.15, 0.2) is 0 Å². The Labute approximate surface area is 274 Å². The van der Waals surface area contributed by atoms with Gasteiger partial charge in [0.1, 0.15) is 29.4 Å². The number of ether oxygens (including phenoxy) is 1. The molecule has 4 rings (SSSR count). The molecule has 1 aromatic heterocycles. The number of nitrogens with one attached hydrogen (secondary N) is 3. The summed E-state index contributed by atoms with van der Waals surface area (Å²) in [7, 11) is 0. The molecule has 256 valence electrons. The molecule has 3 N–H and O–H groups in total. The Bertz CT molecular complexity index is 1330. The summed E-state index contributed by atoms with van der Waals surface area (Å²) < 4.78 is 5.80. The van der Waals surface area contributed by atoms with E-state index in [9.17, 15) is 24.0 Å². The summed E-state index contributed by atoms with van der Waals surface area (Å²) in [6.45, 7) is 16.2. The summed E-state index contributed by atoms with van der Waals surface area (Å²) in [5.74, 6) is -1.75. The molecule has 3 fully saturated rings. The van der Waals surface area contributed by atoms with Gasteiger partial charge in [-0.25, -0.2) is 4.79 Å². The summed E-state index contributed by atoms with van der Waals surface area (Å²) in [5, 5.41) is 6.04. The van der Waals surface area contributed by atoms with E-state index >= 15 is 0 Å². The fourth-order valence-electron chi connectivity index (χ4n) is 7.79. The van der Waals surface area contributed by atoms with E-state index in [0.717, 1.165) is 63.5 Å². The molecule has 1 saturated heterocycles. The highest BCUT2D eigenvalue weighted by Gasteiger charge is 2.52. The highest BCUT2D eigenvalue weighted by molar-refractivity contribution is 6.08. The lowest BCUT2D eigenvalue weighted by atomic mass is 9.81. The predicted molar refractivity (Wildman–Crippen MR) is 176 cm³/mol. The molecule has 1 unspecified atom stereocenters. The van der Waals surface area contributed by atoms with Gasteiger partial charge in [-0.05, 0) is 96.5 Å². The van der Waals surface area contributed by atoms with Gasteiger partial charge in [0.15, 0.2) is 5.78 Å². The molecule has 10 nitrogen and oxygen atoms in total. The van der Waals surface area contributed by atoms with Crippen molar-refractivity contribution in [2.75, 3.05) is 0 Å². The number of aryl methyl sites for hydroxylation is 1. The van der Waals surface area contributed by atoms with Gasteiger partial charge in [0.25, 0.3) is 5.91 Å². The first-order valence-electron chi connectivity index (χ1n) is 17.3. The van der Waals surface area contributed by atoms with Crippen LogP contribution in [0, 0.1) is 31.1 Å². The Kier molecular flexibility index (Phi) is 10.8. The fraction of sp³-hybridized carbons (Fsp3) is 0.750. The number of carbonyl (C=O) groups is 5. The maximum Gasteiger partial charge on any atom is 0.329 e. The fourth-order valence-corrected chi connectivity index (χ4v) is 7.79. The molecule has 1 aliphatic heterocycles. The second-order valence-corrected chi connectivity index (χ2v) is 16.0. The lowest BCUT2D eigenvalue weighted by Gasteiger charge is -2.40. The number of nitrogens with zero attached hydrogens (tertiary/aromatic N) is 1. The third-order valence-corrected chi connectivity index (χ3v) is 10.2. The average Bonchev–Trinajstić information content (AvgIpc) is 3.50. The third kappa shape index (κ3) is 7.85.